The van der Waals surface area contributed by atoms with Gasteiger partial charge in [0.1, 0.15) is 12.4 Å². The van der Waals surface area contributed by atoms with Crippen LogP contribution in [0.1, 0.15) is 26.7 Å². The van der Waals surface area contributed by atoms with Crippen LogP contribution in [-0.2, 0) is 14.3 Å². The zero-order chi connectivity index (χ0) is 9.14. The summed E-state index contributed by atoms with van der Waals surface area (Å²) in [6.07, 6.45) is 1.58. The van der Waals surface area contributed by atoms with Crippen molar-refractivity contribution in [1.29, 1.82) is 0 Å². The lowest BCUT2D eigenvalue weighted by Gasteiger charge is -2.12. The van der Waals surface area contributed by atoms with E-state index in [0.717, 1.165) is 6.42 Å². The number of carbonyl (C=O) groups excluding carboxylic acids is 2. The molecule has 0 aromatic rings. The van der Waals surface area contributed by atoms with E-state index in [1.165, 1.54) is 6.92 Å². The third kappa shape index (κ3) is 2.06. The molecular weight excluding hydrogens is 156 g/mol. The second kappa shape index (κ2) is 3.70. The van der Waals surface area contributed by atoms with Gasteiger partial charge in [-0.05, 0) is 12.3 Å². The molecule has 12 heavy (non-hydrogen) atoms. The van der Waals surface area contributed by atoms with Gasteiger partial charge >= 0.3 is 5.97 Å². The van der Waals surface area contributed by atoms with Crippen LogP contribution in [0.2, 0.25) is 0 Å². The molecule has 0 spiro atoms. The molecule has 0 aromatic heterocycles. The molecule has 2 atom stereocenters. The fraction of sp³-hybridized carbons (Fsp3) is 0.778. The molecule has 0 aliphatic heterocycles. The molecule has 0 amide bonds. The minimum absolute atomic E-state index is 0.0473. The Balaban J connectivity index is 2.39. The summed E-state index contributed by atoms with van der Waals surface area (Å²) in [4.78, 5) is 21.7. The van der Waals surface area contributed by atoms with Gasteiger partial charge in [0, 0.05) is 13.3 Å². The van der Waals surface area contributed by atoms with Gasteiger partial charge in [0.25, 0.3) is 0 Å². The fourth-order valence-corrected chi connectivity index (χ4v) is 1.54. The van der Waals surface area contributed by atoms with Crippen molar-refractivity contribution in [3.05, 3.63) is 0 Å². The second-order valence-corrected chi connectivity index (χ2v) is 3.39. The zero-order valence-corrected chi connectivity index (χ0v) is 7.50. The van der Waals surface area contributed by atoms with Crippen molar-refractivity contribution in [2.24, 2.45) is 11.8 Å². The summed E-state index contributed by atoms with van der Waals surface area (Å²) in [5, 5.41) is 0. The highest BCUT2D eigenvalue weighted by molar-refractivity contribution is 5.83. The van der Waals surface area contributed by atoms with Crippen LogP contribution in [-0.4, -0.2) is 18.4 Å². The van der Waals surface area contributed by atoms with Crippen molar-refractivity contribution in [3.8, 4) is 0 Å². The number of Topliss-reactive ketones (excluding diaryl/α,β-unsaturated/α-hetero) is 1. The van der Waals surface area contributed by atoms with E-state index in [1.807, 2.05) is 6.92 Å². The monoisotopic (exact) mass is 170 g/mol. The third-order valence-electron chi connectivity index (χ3n) is 2.41. The summed E-state index contributed by atoms with van der Waals surface area (Å²) in [5.41, 5.74) is 0. The number of ether oxygens (including phenoxy) is 1. The van der Waals surface area contributed by atoms with Crippen LogP contribution in [0.4, 0.5) is 0 Å². The number of hydrogen-bond acceptors (Lipinski definition) is 3. The predicted molar refractivity (Wildman–Crippen MR) is 43.5 cm³/mol. The average molecular weight is 170 g/mol. The van der Waals surface area contributed by atoms with Crippen molar-refractivity contribution in [2.45, 2.75) is 26.7 Å². The second-order valence-electron chi connectivity index (χ2n) is 3.39. The maximum atomic E-state index is 11.2. The molecule has 1 aliphatic rings. The van der Waals surface area contributed by atoms with Crippen molar-refractivity contribution < 1.29 is 14.3 Å². The molecule has 3 nitrogen and oxygen atoms in total. The van der Waals surface area contributed by atoms with Crippen LogP contribution in [0.5, 0.6) is 0 Å². The smallest absolute Gasteiger partial charge is 0.302 e. The standard InChI is InChI=1S/C9H14O3/c1-6-3-4-9(11)8(6)5-12-7(2)10/h6,8H,3-5H2,1-2H3. The van der Waals surface area contributed by atoms with E-state index in [4.69, 9.17) is 4.74 Å². The Labute approximate surface area is 72.1 Å². The average Bonchev–Trinajstić information content (AvgIpc) is 2.28. The highest BCUT2D eigenvalue weighted by Gasteiger charge is 2.31. The molecule has 1 saturated carbocycles. The van der Waals surface area contributed by atoms with Gasteiger partial charge in [-0.25, -0.2) is 0 Å². The first kappa shape index (κ1) is 9.23. The highest BCUT2D eigenvalue weighted by atomic mass is 16.5. The first-order chi connectivity index (χ1) is 5.61. The molecule has 1 aliphatic carbocycles. The number of rotatable bonds is 2. The Morgan fingerprint density at radius 3 is 2.75 bits per heavy atom. The summed E-state index contributed by atoms with van der Waals surface area (Å²) in [5.74, 6) is 0.261. The zero-order valence-electron chi connectivity index (χ0n) is 7.50. The lowest BCUT2D eigenvalue weighted by molar-refractivity contribution is -0.143. The van der Waals surface area contributed by atoms with Crippen LogP contribution < -0.4 is 0 Å². The van der Waals surface area contributed by atoms with E-state index in [-0.39, 0.29) is 24.3 Å². The molecule has 68 valence electrons. The van der Waals surface area contributed by atoms with Gasteiger partial charge in [-0.2, -0.15) is 0 Å². The summed E-state index contributed by atoms with van der Waals surface area (Å²) < 4.78 is 4.81. The number of carbonyl (C=O) groups is 2. The molecule has 0 aromatic carbocycles. The Morgan fingerprint density at radius 1 is 1.67 bits per heavy atom. The molecule has 1 rings (SSSR count). The number of ketones is 1. The van der Waals surface area contributed by atoms with E-state index in [0.29, 0.717) is 12.3 Å². The molecule has 0 bridgehead atoms. The Morgan fingerprint density at radius 2 is 2.33 bits per heavy atom. The van der Waals surface area contributed by atoms with Gasteiger partial charge in [-0.15, -0.1) is 0 Å². The number of hydrogen-bond donors (Lipinski definition) is 0. The molecule has 0 radical (unpaired) electrons. The van der Waals surface area contributed by atoms with Gasteiger partial charge in [0.05, 0.1) is 5.92 Å². The summed E-state index contributed by atoms with van der Waals surface area (Å²) in [7, 11) is 0. The Bertz CT molecular complexity index is 198. The van der Waals surface area contributed by atoms with Crippen LogP contribution in [0.15, 0.2) is 0 Å². The lowest BCUT2D eigenvalue weighted by atomic mass is 9.99. The first-order valence-corrected chi connectivity index (χ1v) is 4.27. The molecule has 0 saturated heterocycles. The van der Waals surface area contributed by atoms with Crippen LogP contribution in [0, 0.1) is 11.8 Å². The summed E-state index contributed by atoms with van der Waals surface area (Å²) >= 11 is 0. The maximum absolute atomic E-state index is 11.2. The van der Waals surface area contributed by atoms with Crippen molar-refractivity contribution >= 4 is 11.8 Å². The van der Waals surface area contributed by atoms with Gasteiger partial charge in [-0.1, -0.05) is 6.92 Å². The van der Waals surface area contributed by atoms with E-state index >= 15 is 0 Å². The minimum atomic E-state index is -0.304. The molecular formula is C9H14O3. The largest absolute Gasteiger partial charge is 0.465 e. The van der Waals surface area contributed by atoms with Crippen LogP contribution in [0.25, 0.3) is 0 Å². The van der Waals surface area contributed by atoms with Gasteiger partial charge in [-0.3, -0.25) is 9.59 Å². The number of esters is 1. The van der Waals surface area contributed by atoms with E-state index < -0.39 is 0 Å². The first-order valence-electron chi connectivity index (χ1n) is 4.27. The van der Waals surface area contributed by atoms with Crippen molar-refractivity contribution in [3.63, 3.8) is 0 Å². The molecule has 0 heterocycles. The van der Waals surface area contributed by atoms with Gasteiger partial charge < -0.3 is 4.74 Å². The fourth-order valence-electron chi connectivity index (χ4n) is 1.54. The van der Waals surface area contributed by atoms with Crippen molar-refractivity contribution in [1.82, 2.24) is 0 Å². The van der Waals surface area contributed by atoms with E-state index in [2.05, 4.69) is 0 Å². The highest BCUT2D eigenvalue weighted by Crippen LogP contribution is 2.28. The van der Waals surface area contributed by atoms with Crippen LogP contribution >= 0.6 is 0 Å². The summed E-state index contributed by atoms with van der Waals surface area (Å²) in [6, 6.07) is 0. The summed E-state index contributed by atoms with van der Waals surface area (Å²) in [6.45, 7) is 3.67. The van der Waals surface area contributed by atoms with Gasteiger partial charge in [0.2, 0.25) is 0 Å². The lowest BCUT2D eigenvalue weighted by Crippen LogP contribution is -2.20. The third-order valence-corrected chi connectivity index (χ3v) is 2.41. The topological polar surface area (TPSA) is 43.4 Å². The molecule has 2 unspecified atom stereocenters. The van der Waals surface area contributed by atoms with Gasteiger partial charge in [0.15, 0.2) is 0 Å². The molecule has 3 heteroatoms. The maximum Gasteiger partial charge on any atom is 0.302 e. The normalized spacial score (nSPS) is 29.0. The van der Waals surface area contributed by atoms with Crippen molar-refractivity contribution in [2.75, 3.05) is 6.61 Å². The minimum Gasteiger partial charge on any atom is -0.465 e. The van der Waals surface area contributed by atoms with E-state index in [1.54, 1.807) is 0 Å². The predicted octanol–water partition coefficient (Wildman–Crippen LogP) is 1.16. The molecule has 0 N–H and O–H groups in total. The molecule has 1 fully saturated rings. The Hall–Kier alpha value is -0.860. The quantitative estimate of drug-likeness (QED) is 0.584. The van der Waals surface area contributed by atoms with Crippen LogP contribution in [0.3, 0.4) is 0 Å². The van der Waals surface area contributed by atoms with E-state index in [9.17, 15) is 9.59 Å². The Kier molecular flexibility index (Phi) is 2.84. The SMILES string of the molecule is CC(=O)OCC1C(=O)CCC1C.